The van der Waals surface area contributed by atoms with Crippen molar-refractivity contribution >= 4 is 5.91 Å². The van der Waals surface area contributed by atoms with Crippen molar-refractivity contribution in [2.75, 3.05) is 6.61 Å². The van der Waals surface area contributed by atoms with E-state index in [0.29, 0.717) is 17.8 Å². The largest absolute Gasteiger partial charge is 0.396 e. The maximum atomic E-state index is 12.3. The number of carbonyl (C=O) groups excluding carboxylic acids is 1. The van der Waals surface area contributed by atoms with Crippen LogP contribution in [0.4, 0.5) is 0 Å². The Morgan fingerprint density at radius 2 is 2.05 bits per heavy atom. The van der Waals surface area contributed by atoms with Crippen LogP contribution in [-0.2, 0) is 0 Å². The Kier molecular flexibility index (Phi) is 4.92. The van der Waals surface area contributed by atoms with Gasteiger partial charge in [0, 0.05) is 23.3 Å². The second kappa shape index (κ2) is 6.70. The monoisotopic (exact) mass is 302 g/mol. The lowest BCUT2D eigenvalue weighted by Crippen LogP contribution is -2.46. The van der Waals surface area contributed by atoms with Crippen LogP contribution < -0.4 is 5.32 Å². The number of aliphatic hydroxyl groups excluding tert-OH is 1. The van der Waals surface area contributed by atoms with Gasteiger partial charge < -0.3 is 10.4 Å². The molecule has 0 aliphatic rings. The van der Waals surface area contributed by atoms with Crippen LogP contribution >= 0.6 is 0 Å². The Hall–Kier alpha value is -2.21. The molecule has 0 spiro atoms. The van der Waals surface area contributed by atoms with Crippen LogP contribution in [0.2, 0.25) is 0 Å². The van der Waals surface area contributed by atoms with E-state index in [1.54, 1.807) is 12.1 Å². The van der Waals surface area contributed by atoms with Gasteiger partial charge in [0.15, 0.2) is 5.82 Å². The number of nitrogens with zero attached hydrogens (tertiary/aromatic N) is 2. The average Bonchev–Trinajstić information content (AvgIpc) is 2.94. The van der Waals surface area contributed by atoms with Crippen LogP contribution in [0.25, 0.3) is 11.4 Å². The van der Waals surface area contributed by atoms with E-state index in [9.17, 15) is 4.79 Å². The molecule has 1 atom stereocenters. The van der Waals surface area contributed by atoms with Gasteiger partial charge in [-0.3, -0.25) is 9.89 Å². The molecule has 22 heavy (non-hydrogen) atoms. The third-order valence-electron chi connectivity index (χ3n) is 3.86. The summed E-state index contributed by atoms with van der Waals surface area (Å²) >= 11 is 0. The molecule has 6 heteroatoms. The predicted molar refractivity (Wildman–Crippen MR) is 84.4 cm³/mol. The number of aromatic nitrogens is 3. The van der Waals surface area contributed by atoms with Gasteiger partial charge in [-0.25, -0.2) is 4.98 Å². The molecule has 0 fully saturated rings. The number of aryl methyl sites for hydroxylation is 1. The molecule has 0 aliphatic carbocycles. The van der Waals surface area contributed by atoms with Gasteiger partial charge in [-0.15, -0.1) is 0 Å². The molecule has 1 aromatic heterocycles. The minimum Gasteiger partial charge on any atom is -0.396 e. The number of aromatic amines is 1. The normalized spacial score (nSPS) is 13.6. The lowest BCUT2D eigenvalue weighted by molar-refractivity contribution is 0.0886. The van der Waals surface area contributed by atoms with Crippen molar-refractivity contribution in [3.05, 3.63) is 35.7 Å². The summed E-state index contributed by atoms with van der Waals surface area (Å²) in [6.45, 7) is 5.81. The number of aliphatic hydroxyl groups is 1. The third-order valence-corrected chi connectivity index (χ3v) is 3.86. The summed E-state index contributed by atoms with van der Waals surface area (Å²) in [6.07, 6.45) is 1.29. The highest BCUT2D eigenvalue weighted by molar-refractivity contribution is 5.95. The molecule has 1 aromatic carbocycles. The van der Waals surface area contributed by atoms with E-state index in [4.69, 9.17) is 5.11 Å². The molecule has 0 aliphatic heterocycles. The zero-order valence-electron chi connectivity index (χ0n) is 13.2. The molecule has 0 saturated heterocycles. The summed E-state index contributed by atoms with van der Waals surface area (Å²) in [5.74, 6) is 1.22. The fourth-order valence-electron chi connectivity index (χ4n) is 2.16. The Morgan fingerprint density at radius 1 is 1.36 bits per heavy atom. The van der Waals surface area contributed by atoms with Gasteiger partial charge in [-0.1, -0.05) is 19.1 Å². The van der Waals surface area contributed by atoms with Crippen molar-refractivity contribution in [2.24, 2.45) is 0 Å². The molecule has 2 aromatic rings. The molecular formula is C16H22N4O2. The Balaban J connectivity index is 2.11. The maximum absolute atomic E-state index is 12.3. The molecule has 0 radical (unpaired) electrons. The smallest absolute Gasteiger partial charge is 0.251 e. The summed E-state index contributed by atoms with van der Waals surface area (Å²) in [5, 5.41) is 19.0. The third kappa shape index (κ3) is 3.71. The average molecular weight is 302 g/mol. The Morgan fingerprint density at radius 3 is 2.55 bits per heavy atom. The van der Waals surface area contributed by atoms with E-state index in [1.165, 1.54) is 0 Å². The van der Waals surface area contributed by atoms with Crippen LogP contribution in [0.1, 0.15) is 42.9 Å². The minimum atomic E-state index is -0.397. The van der Waals surface area contributed by atoms with E-state index >= 15 is 0 Å². The highest BCUT2D eigenvalue weighted by Gasteiger charge is 2.24. The zero-order chi connectivity index (χ0) is 16.2. The van der Waals surface area contributed by atoms with E-state index in [2.05, 4.69) is 20.5 Å². The van der Waals surface area contributed by atoms with Crippen molar-refractivity contribution in [1.82, 2.24) is 20.5 Å². The molecule has 118 valence electrons. The van der Waals surface area contributed by atoms with Crippen molar-refractivity contribution < 1.29 is 9.90 Å². The SMILES string of the molecule is CCC(C)(CCO)NC(=O)c1ccc(-c2n[nH]c(C)n2)cc1. The standard InChI is InChI=1S/C16H22N4O2/c1-4-16(3,9-10-21)18-15(22)13-7-5-12(6-8-13)14-17-11(2)19-20-14/h5-8,21H,4,9-10H2,1-3H3,(H,18,22)(H,17,19,20). The molecule has 0 bridgehead atoms. The fraction of sp³-hybridized carbons (Fsp3) is 0.438. The molecule has 3 N–H and O–H groups in total. The second-order valence-corrected chi connectivity index (χ2v) is 5.66. The topological polar surface area (TPSA) is 90.9 Å². The van der Waals surface area contributed by atoms with E-state index in [1.807, 2.05) is 32.9 Å². The second-order valence-electron chi connectivity index (χ2n) is 5.66. The van der Waals surface area contributed by atoms with Crippen molar-refractivity contribution in [3.8, 4) is 11.4 Å². The quantitative estimate of drug-likeness (QED) is 0.761. The summed E-state index contributed by atoms with van der Waals surface area (Å²) in [4.78, 5) is 16.6. The van der Waals surface area contributed by atoms with Gasteiger partial charge >= 0.3 is 0 Å². The molecule has 2 rings (SSSR count). The Labute approximate surface area is 130 Å². The highest BCUT2D eigenvalue weighted by atomic mass is 16.3. The van der Waals surface area contributed by atoms with Gasteiger partial charge in [0.2, 0.25) is 0 Å². The first-order valence-electron chi connectivity index (χ1n) is 7.40. The number of rotatable bonds is 6. The van der Waals surface area contributed by atoms with Crippen LogP contribution in [0.5, 0.6) is 0 Å². The van der Waals surface area contributed by atoms with Crippen molar-refractivity contribution in [3.63, 3.8) is 0 Å². The zero-order valence-corrected chi connectivity index (χ0v) is 13.2. The number of hydrogen-bond donors (Lipinski definition) is 3. The number of carbonyl (C=O) groups is 1. The molecule has 1 heterocycles. The first-order valence-corrected chi connectivity index (χ1v) is 7.40. The first kappa shape index (κ1) is 16.2. The van der Waals surface area contributed by atoms with E-state index in [0.717, 1.165) is 17.8 Å². The number of amides is 1. The summed E-state index contributed by atoms with van der Waals surface area (Å²) in [6, 6.07) is 7.16. The predicted octanol–water partition coefficient (Wildman–Crippen LogP) is 2.06. The van der Waals surface area contributed by atoms with E-state index < -0.39 is 5.54 Å². The van der Waals surface area contributed by atoms with Gasteiger partial charge in [-0.2, -0.15) is 5.10 Å². The van der Waals surface area contributed by atoms with Gasteiger partial charge in [0.25, 0.3) is 5.91 Å². The summed E-state index contributed by atoms with van der Waals surface area (Å²) in [5.41, 5.74) is 1.04. The van der Waals surface area contributed by atoms with Crippen LogP contribution in [0.15, 0.2) is 24.3 Å². The first-order chi connectivity index (χ1) is 10.5. The van der Waals surface area contributed by atoms with Crippen molar-refractivity contribution in [1.29, 1.82) is 0 Å². The highest BCUT2D eigenvalue weighted by Crippen LogP contribution is 2.18. The lowest BCUT2D eigenvalue weighted by Gasteiger charge is -2.29. The van der Waals surface area contributed by atoms with E-state index in [-0.39, 0.29) is 12.5 Å². The van der Waals surface area contributed by atoms with Crippen molar-refractivity contribution in [2.45, 2.75) is 39.2 Å². The van der Waals surface area contributed by atoms with Crippen LogP contribution in [0, 0.1) is 6.92 Å². The lowest BCUT2D eigenvalue weighted by atomic mass is 9.94. The number of benzene rings is 1. The molecule has 0 saturated carbocycles. The summed E-state index contributed by atoms with van der Waals surface area (Å²) in [7, 11) is 0. The number of nitrogens with one attached hydrogen (secondary N) is 2. The van der Waals surface area contributed by atoms with Gasteiger partial charge in [0.05, 0.1) is 0 Å². The maximum Gasteiger partial charge on any atom is 0.251 e. The van der Waals surface area contributed by atoms with Crippen LogP contribution in [-0.4, -0.2) is 38.3 Å². The molecule has 6 nitrogen and oxygen atoms in total. The van der Waals surface area contributed by atoms with Crippen LogP contribution in [0.3, 0.4) is 0 Å². The van der Waals surface area contributed by atoms with Gasteiger partial charge in [-0.05, 0) is 38.8 Å². The minimum absolute atomic E-state index is 0.0493. The fourth-order valence-corrected chi connectivity index (χ4v) is 2.16. The van der Waals surface area contributed by atoms with Gasteiger partial charge in [0.1, 0.15) is 5.82 Å². The number of hydrogen-bond acceptors (Lipinski definition) is 4. The molecular weight excluding hydrogens is 280 g/mol. The number of H-pyrrole nitrogens is 1. The Bertz CT molecular complexity index is 636. The summed E-state index contributed by atoms with van der Waals surface area (Å²) < 4.78 is 0. The molecule has 1 unspecified atom stereocenters. The molecule has 1 amide bonds.